The van der Waals surface area contributed by atoms with Crippen LogP contribution in [0.3, 0.4) is 0 Å². The van der Waals surface area contributed by atoms with Gasteiger partial charge in [-0.1, -0.05) is 0 Å². The molecule has 0 spiro atoms. The summed E-state index contributed by atoms with van der Waals surface area (Å²) in [6.45, 7) is 7.96. The Kier molecular flexibility index (Phi) is 4.70. The third-order valence-electron chi connectivity index (χ3n) is 5.84. The summed E-state index contributed by atoms with van der Waals surface area (Å²) < 4.78 is 2.27. The molecule has 2 aliphatic rings. The molecule has 2 aromatic rings. The van der Waals surface area contributed by atoms with Gasteiger partial charge in [-0.15, -0.1) is 0 Å². The summed E-state index contributed by atoms with van der Waals surface area (Å²) in [6, 6.07) is 8.44. The molecule has 26 heavy (non-hydrogen) atoms. The first-order chi connectivity index (χ1) is 12.6. The molecule has 0 N–H and O–H groups in total. The molecule has 2 aliphatic heterocycles. The number of carbonyl (C=O) groups excluding carboxylic acids is 1. The number of hydrogen-bond acceptors (Lipinski definition) is 3. The van der Waals surface area contributed by atoms with E-state index in [1.165, 1.54) is 11.4 Å². The molecule has 0 aromatic carbocycles. The van der Waals surface area contributed by atoms with E-state index in [9.17, 15) is 4.79 Å². The molecule has 1 amide bonds. The molecule has 5 heteroatoms. The minimum atomic E-state index is 0.187. The fourth-order valence-electron chi connectivity index (χ4n) is 4.39. The number of nitrogens with zero attached hydrogens (tertiary/aromatic N) is 4. The highest BCUT2D eigenvalue weighted by molar-refractivity contribution is 5.79. The Morgan fingerprint density at radius 3 is 2.31 bits per heavy atom. The van der Waals surface area contributed by atoms with Gasteiger partial charge in [-0.05, 0) is 63.8 Å². The van der Waals surface area contributed by atoms with Crippen molar-refractivity contribution in [1.82, 2.24) is 14.5 Å². The van der Waals surface area contributed by atoms with Crippen LogP contribution >= 0.6 is 0 Å². The summed E-state index contributed by atoms with van der Waals surface area (Å²) in [6.07, 6.45) is 6.05. The fourth-order valence-corrected chi connectivity index (χ4v) is 4.39. The molecule has 4 rings (SSSR count). The molecular formula is C21H28N4O. The van der Waals surface area contributed by atoms with E-state index in [4.69, 9.17) is 4.98 Å². The molecular weight excluding hydrogens is 324 g/mol. The van der Waals surface area contributed by atoms with Gasteiger partial charge >= 0.3 is 0 Å². The first-order valence-electron chi connectivity index (χ1n) is 9.79. The van der Waals surface area contributed by atoms with Crippen LogP contribution in [-0.4, -0.2) is 46.5 Å². The second-order valence-corrected chi connectivity index (χ2v) is 7.59. The predicted molar refractivity (Wildman–Crippen MR) is 104 cm³/mol. The maximum Gasteiger partial charge on any atom is 0.225 e. The van der Waals surface area contributed by atoms with E-state index in [-0.39, 0.29) is 5.92 Å². The van der Waals surface area contributed by atoms with E-state index >= 15 is 0 Å². The molecule has 4 heterocycles. The van der Waals surface area contributed by atoms with E-state index in [1.54, 1.807) is 0 Å². The molecule has 138 valence electrons. The normalized spacial score (nSPS) is 18.5. The van der Waals surface area contributed by atoms with Gasteiger partial charge in [-0.25, -0.2) is 4.98 Å². The smallest absolute Gasteiger partial charge is 0.225 e. The van der Waals surface area contributed by atoms with E-state index in [0.717, 1.165) is 63.4 Å². The first kappa shape index (κ1) is 17.1. The maximum absolute atomic E-state index is 12.7. The van der Waals surface area contributed by atoms with Crippen molar-refractivity contribution in [2.45, 2.75) is 39.5 Å². The highest BCUT2D eigenvalue weighted by Crippen LogP contribution is 2.30. The number of piperidine rings is 1. The second-order valence-electron chi connectivity index (χ2n) is 7.59. The summed E-state index contributed by atoms with van der Waals surface area (Å²) in [4.78, 5) is 21.8. The molecule has 2 fully saturated rings. The lowest BCUT2D eigenvalue weighted by atomic mass is 9.95. The Morgan fingerprint density at radius 1 is 1.00 bits per heavy atom. The number of aryl methyl sites for hydroxylation is 2. The molecule has 0 aliphatic carbocycles. The van der Waals surface area contributed by atoms with Crippen molar-refractivity contribution in [2.24, 2.45) is 5.92 Å². The zero-order valence-corrected chi connectivity index (χ0v) is 15.8. The van der Waals surface area contributed by atoms with Crippen LogP contribution in [0.4, 0.5) is 5.82 Å². The summed E-state index contributed by atoms with van der Waals surface area (Å²) in [5, 5.41) is 0. The van der Waals surface area contributed by atoms with Gasteiger partial charge in [0.25, 0.3) is 0 Å². The molecule has 0 unspecified atom stereocenters. The number of anilines is 1. The van der Waals surface area contributed by atoms with Crippen molar-refractivity contribution in [3.63, 3.8) is 0 Å². The summed E-state index contributed by atoms with van der Waals surface area (Å²) >= 11 is 0. The number of carbonyl (C=O) groups is 1. The van der Waals surface area contributed by atoms with Crippen LogP contribution in [-0.2, 0) is 4.79 Å². The third kappa shape index (κ3) is 3.11. The number of hydrogen-bond donors (Lipinski definition) is 0. The van der Waals surface area contributed by atoms with Crippen LogP contribution < -0.4 is 4.90 Å². The van der Waals surface area contributed by atoms with Crippen molar-refractivity contribution in [1.29, 1.82) is 0 Å². The number of pyridine rings is 1. The van der Waals surface area contributed by atoms with Crippen molar-refractivity contribution in [2.75, 3.05) is 31.1 Å². The number of amides is 1. The molecule has 5 nitrogen and oxygen atoms in total. The molecule has 0 radical (unpaired) electrons. The zero-order chi connectivity index (χ0) is 18.1. The minimum absolute atomic E-state index is 0.187. The predicted octanol–water partition coefficient (Wildman–Crippen LogP) is 3.33. The average Bonchev–Trinajstić information content (AvgIpc) is 3.32. The van der Waals surface area contributed by atoms with Gasteiger partial charge in [0.05, 0.1) is 5.69 Å². The van der Waals surface area contributed by atoms with Gasteiger partial charge < -0.3 is 14.4 Å². The van der Waals surface area contributed by atoms with Gasteiger partial charge in [-0.3, -0.25) is 4.79 Å². The molecule has 0 saturated carbocycles. The van der Waals surface area contributed by atoms with Crippen LogP contribution in [0.5, 0.6) is 0 Å². The molecule has 0 bridgehead atoms. The third-order valence-corrected chi connectivity index (χ3v) is 5.84. The average molecular weight is 352 g/mol. The van der Waals surface area contributed by atoms with Gasteiger partial charge in [0, 0.05) is 49.7 Å². The van der Waals surface area contributed by atoms with E-state index in [1.807, 2.05) is 12.3 Å². The van der Waals surface area contributed by atoms with Gasteiger partial charge in [0.1, 0.15) is 0 Å². The zero-order valence-electron chi connectivity index (χ0n) is 15.8. The van der Waals surface area contributed by atoms with Crippen molar-refractivity contribution in [3.8, 4) is 5.69 Å². The molecule has 2 saturated heterocycles. The monoisotopic (exact) mass is 352 g/mol. The van der Waals surface area contributed by atoms with Gasteiger partial charge in [0.15, 0.2) is 5.82 Å². The topological polar surface area (TPSA) is 41.4 Å². The standard InChI is InChI=1S/C21H28N4O/c1-16-7-8-17(2)25(16)19-6-5-11-22-20(19)23-14-9-18(10-15-23)21(26)24-12-3-4-13-24/h5-8,11,18H,3-4,9-10,12-15H2,1-2H3. The Balaban J connectivity index is 1.51. The Morgan fingerprint density at radius 2 is 1.65 bits per heavy atom. The molecule has 0 atom stereocenters. The summed E-state index contributed by atoms with van der Waals surface area (Å²) in [7, 11) is 0. The van der Waals surface area contributed by atoms with Crippen molar-refractivity contribution < 1.29 is 4.79 Å². The van der Waals surface area contributed by atoms with Gasteiger partial charge in [0.2, 0.25) is 5.91 Å². The van der Waals surface area contributed by atoms with Crippen LogP contribution in [0.1, 0.15) is 37.1 Å². The minimum Gasteiger partial charge on any atom is -0.355 e. The Hall–Kier alpha value is -2.30. The first-order valence-corrected chi connectivity index (χ1v) is 9.79. The summed E-state index contributed by atoms with van der Waals surface area (Å²) in [5.74, 6) is 1.59. The van der Waals surface area contributed by atoms with E-state index < -0.39 is 0 Å². The van der Waals surface area contributed by atoms with Crippen LogP contribution in [0.15, 0.2) is 30.5 Å². The highest BCUT2D eigenvalue weighted by atomic mass is 16.2. The molecule has 2 aromatic heterocycles. The van der Waals surface area contributed by atoms with Crippen LogP contribution in [0, 0.1) is 19.8 Å². The van der Waals surface area contributed by atoms with Crippen LogP contribution in [0.2, 0.25) is 0 Å². The lowest BCUT2D eigenvalue weighted by molar-refractivity contribution is -0.135. The van der Waals surface area contributed by atoms with Gasteiger partial charge in [-0.2, -0.15) is 0 Å². The van der Waals surface area contributed by atoms with E-state index in [0.29, 0.717) is 5.91 Å². The van der Waals surface area contributed by atoms with Crippen LogP contribution in [0.25, 0.3) is 5.69 Å². The number of likely N-dealkylation sites (tertiary alicyclic amines) is 1. The fraction of sp³-hybridized carbons (Fsp3) is 0.524. The Bertz CT molecular complexity index is 764. The summed E-state index contributed by atoms with van der Waals surface area (Å²) in [5.41, 5.74) is 3.57. The maximum atomic E-state index is 12.7. The number of aromatic nitrogens is 2. The van der Waals surface area contributed by atoms with Crippen molar-refractivity contribution in [3.05, 3.63) is 41.9 Å². The largest absolute Gasteiger partial charge is 0.355 e. The quantitative estimate of drug-likeness (QED) is 0.851. The SMILES string of the molecule is Cc1ccc(C)n1-c1cccnc1N1CCC(C(=O)N2CCCC2)CC1. The Labute approximate surface area is 155 Å². The van der Waals surface area contributed by atoms with Crippen molar-refractivity contribution >= 4 is 11.7 Å². The number of rotatable bonds is 3. The lowest BCUT2D eigenvalue weighted by Crippen LogP contribution is -2.42. The highest BCUT2D eigenvalue weighted by Gasteiger charge is 2.31. The second kappa shape index (κ2) is 7.14. The van der Waals surface area contributed by atoms with E-state index in [2.05, 4.69) is 46.4 Å². The lowest BCUT2D eigenvalue weighted by Gasteiger charge is -2.35.